The van der Waals surface area contributed by atoms with E-state index in [1.165, 1.54) is 6.33 Å². The molecule has 1 saturated carbocycles. The molecule has 1 aromatic heterocycles. The van der Waals surface area contributed by atoms with Gasteiger partial charge in [-0.1, -0.05) is 13.3 Å². The van der Waals surface area contributed by atoms with Gasteiger partial charge >= 0.3 is 5.69 Å². The number of nitrogens with zero attached hydrogens (tertiary/aromatic N) is 3. The van der Waals surface area contributed by atoms with Crippen molar-refractivity contribution in [3.63, 3.8) is 0 Å². The van der Waals surface area contributed by atoms with Crippen molar-refractivity contribution in [3.8, 4) is 0 Å². The molecule has 8 heteroatoms. The number of nitro groups is 1. The van der Waals surface area contributed by atoms with Gasteiger partial charge in [-0.3, -0.25) is 10.1 Å². The molecule has 20 heavy (non-hydrogen) atoms. The SMILES string of the molecule is CCSC1CCCC1Nc1ncnc(NC)c1[N+](=O)[O-]. The Balaban J connectivity index is 2.22. The van der Waals surface area contributed by atoms with Gasteiger partial charge in [-0.15, -0.1) is 0 Å². The average Bonchev–Trinajstić information content (AvgIpc) is 2.86. The number of rotatable bonds is 6. The van der Waals surface area contributed by atoms with E-state index in [-0.39, 0.29) is 17.5 Å². The van der Waals surface area contributed by atoms with Crippen molar-refractivity contribution in [1.82, 2.24) is 9.97 Å². The molecule has 1 fully saturated rings. The van der Waals surface area contributed by atoms with Crippen LogP contribution in [0, 0.1) is 10.1 Å². The number of thioether (sulfide) groups is 1. The Morgan fingerprint density at radius 2 is 2.20 bits per heavy atom. The fourth-order valence-corrected chi connectivity index (χ4v) is 3.72. The van der Waals surface area contributed by atoms with E-state index in [1.807, 2.05) is 11.8 Å². The van der Waals surface area contributed by atoms with E-state index in [9.17, 15) is 10.1 Å². The molecule has 0 bridgehead atoms. The maximum atomic E-state index is 11.2. The minimum atomic E-state index is -0.439. The summed E-state index contributed by atoms with van der Waals surface area (Å²) in [5.41, 5.74) is -0.0813. The molecule has 1 heterocycles. The van der Waals surface area contributed by atoms with Gasteiger partial charge in [0, 0.05) is 18.3 Å². The van der Waals surface area contributed by atoms with Gasteiger partial charge < -0.3 is 10.6 Å². The summed E-state index contributed by atoms with van der Waals surface area (Å²) in [5, 5.41) is 17.7. The third-order valence-electron chi connectivity index (χ3n) is 3.40. The zero-order chi connectivity index (χ0) is 14.5. The van der Waals surface area contributed by atoms with Crippen LogP contribution in [0.1, 0.15) is 26.2 Å². The molecule has 2 unspecified atom stereocenters. The lowest BCUT2D eigenvalue weighted by atomic mass is 10.2. The van der Waals surface area contributed by atoms with Crippen LogP contribution in [0.5, 0.6) is 0 Å². The summed E-state index contributed by atoms with van der Waals surface area (Å²) < 4.78 is 0. The van der Waals surface area contributed by atoms with Crippen molar-refractivity contribution in [2.45, 2.75) is 37.5 Å². The predicted octanol–water partition coefficient (Wildman–Crippen LogP) is 2.51. The van der Waals surface area contributed by atoms with Gasteiger partial charge in [0.1, 0.15) is 6.33 Å². The molecule has 0 amide bonds. The second-order valence-electron chi connectivity index (χ2n) is 4.60. The van der Waals surface area contributed by atoms with Crippen molar-refractivity contribution in [2.75, 3.05) is 23.4 Å². The molecule has 1 aromatic rings. The molecular formula is C12H19N5O2S. The summed E-state index contributed by atoms with van der Waals surface area (Å²) in [5.74, 6) is 1.60. The Hall–Kier alpha value is -1.57. The summed E-state index contributed by atoms with van der Waals surface area (Å²) >= 11 is 1.90. The van der Waals surface area contributed by atoms with E-state index >= 15 is 0 Å². The first-order valence-corrected chi connectivity index (χ1v) is 7.77. The van der Waals surface area contributed by atoms with Gasteiger partial charge in [0.2, 0.25) is 11.6 Å². The van der Waals surface area contributed by atoms with Gasteiger partial charge in [-0.25, -0.2) is 9.97 Å². The molecule has 2 atom stereocenters. The fourth-order valence-electron chi connectivity index (χ4n) is 2.52. The highest BCUT2D eigenvalue weighted by atomic mass is 32.2. The van der Waals surface area contributed by atoms with Crippen LogP contribution in [0.3, 0.4) is 0 Å². The van der Waals surface area contributed by atoms with E-state index in [4.69, 9.17) is 0 Å². The number of hydrogen-bond donors (Lipinski definition) is 2. The lowest BCUT2D eigenvalue weighted by Crippen LogP contribution is -2.27. The lowest BCUT2D eigenvalue weighted by molar-refractivity contribution is -0.383. The van der Waals surface area contributed by atoms with Crippen LogP contribution in [-0.4, -0.2) is 39.0 Å². The molecule has 7 nitrogen and oxygen atoms in total. The monoisotopic (exact) mass is 297 g/mol. The molecular weight excluding hydrogens is 278 g/mol. The topological polar surface area (TPSA) is 93.0 Å². The molecule has 2 N–H and O–H groups in total. The molecule has 2 rings (SSSR count). The second kappa shape index (κ2) is 6.74. The van der Waals surface area contributed by atoms with Gasteiger partial charge in [0.15, 0.2) is 0 Å². The van der Waals surface area contributed by atoms with Crippen molar-refractivity contribution < 1.29 is 4.92 Å². The quantitative estimate of drug-likeness (QED) is 0.615. The molecule has 0 spiro atoms. The number of nitrogens with one attached hydrogen (secondary N) is 2. The van der Waals surface area contributed by atoms with Crippen LogP contribution in [0.25, 0.3) is 0 Å². The van der Waals surface area contributed by atoms with Gasteiger partial charge in [0.25, 0.3) is 0 Å². The van der Waals surface area contributed by atoms with Crippen molar-refractivity contribution in [1.29, 1.82) is 0 Å². The van der Waals surface area contributed by atoms with Gasteiger partial charge in [-0.05, 0) is 18.6 Å². The second-order valence-corrected chi connectivity index (χ2v) is 6.12. The summed E-state index contributed by atoms with van der Waals surface area (Å²) in [4.78, 5) is 18.7. The first kappa shape index (κ1) is 14.8. The highest BCUT2D eigenvalue weighted by Crippen LogP contribution is 2.35. The predicted molar refractivity (Wildman–Crippen MR) is 81.4 cm³/mol. The van der Waals surface area contributed by atoms with Crippen LogP contribution in [0.15, 0.2) is 6.33 Å². The molecule has 110 valence electrons. The maximum absolute atomic E-state index is 11.2. The van der Waals surface area contributed by atoms with Gasteiger partial charge in [-0.2, -0.15) is 11.8 Å². The Bertz CT molecular complexity index is 485. The van der Waals surface area contributed by atoms with Crippen LogP contribution in [-0.2, 0) is 0 Å². The van der Waals surface area contributed by atoms with Crippen LogP contribution < -0.4 is 10.6 Å². The first-order chi connectivity index (χ1) is 9.67. The summed E-state index contributed by atoms with van der Waals surface area (Å²) in [6, 6.07) is 0.234. The lowest BCUT2D eigenvalue weighted by Gasteiger charge is -2.20. The Morgan fingerprint density at radius 1 is 1.45 bits per heavy atom. The van der Waals surface area contributed by atoms with Crippen LogP contribution in [0.2, 0.25) is 0 Å². The smallest absolute Gasteiger partial charge is 0.353 e. The number of anilines is 2. The molecule has 0 aromatic carbocycles. The minimum Gasteiger partial charge on any atom is -0.367 e. The molecule has 0 saturated heterocycles. The van der Waals surface area contributed by atoms with Crippen molar-refractivity contribution >= 4 is 29.1 Å². The van der Waals surface area contributed by atoms with E-state index in [0.717, 1.165) is 25.0 Å². The zero-order valence-electron chi connectivity index (χ0n) is 11.6. The Kier molecular flexibility index (Phi) is 4.99. The molecule has 0 radical (unpaired) electrons. The van der Waals surface area contributed by atoms with Crippen LogP contribution >= 0.6 is 11.8 Å². The van der Waals surface area contributed by atoms with Crippen molar-refractivity contribution in [2.24, 2.45) is 0 Å². The summed E-state index contributed by atoms with van der Waals surface area (Å²) in [6.07, 6.45) is 4.66. The Labute approximate surface area is 122 Å². The largest absolute Gasteiger partial charge is 0.367 e. The van der Waals surface area contributed by atoms with E-state index in [2.05, 4.69) is 27.5 Å². The highest BCUT2D eigenvalue weighted by Gasteiger charge is 2.31. The third kappa shape index (κ3) is 3.12. The minimum absolute atomic E-state index is 0.0813. The fraction of sp³-hybridized carbons (Fsp3) is 0.667. The maximum Gasteiger partial charge on any atom is 0.353 e. The van der Waals surface area contributed by atoms with Gasteiger partial charge in [0.05, 0.1) is 4.92 Å². The number of aromatic nitrogens is 2. The third-order valence-corrected chi connectivity index (χ3v) is 4.72. The van der Waals surface area contributed by atoms with E-state index in [1.54, 1.807) is 7.05 Å². The van der Waals surface area contributed by atoms with E-state index in [0.29, 0.717) is 11.1 Å². The Morgan fingerprint density at radius 3 is 2.85 bits per heavy atom. The molecule has 1 aliphatic rings. The van der Waals surface area contributed by atoms with Crippen molar-refractivity contribution in [3.05, 3.63) is 16.4 Å². The molecule has 0 aliphatic heterocycles. The molecule has 1 aliphatic carbocycles. The number of hydrogen-bond acceptors (Lipinski definition) is 7. The van der Waals surface area contributed by atoms with E-state index < -0.39 is 4.92 Å². The normalized spacial score (nSPS) is 21.7. The van der Waals surface area contributed by atoms with Crippen LogP contribution in [0.4, 0.5) is 17.3 Å². The average molecular weight is 297 g/mol. The first-order valence-electron chi connectivity index (χ1n) is 6.72. The highest BCUT2D eigenvalue weighted by molar-refractivity contribution is 7.99. The summed E-state index contributed by atoms with van der Waals surface area (Å²) in [6.45, 7) is 2.13. The summed E-state index contributed by atoms with van der Waals surface area (Å²) in [7, 11) is 1.62. The standard InChI is InChI=1S/C12H19N5O2S/c1-3-20-9-6-4-5-8(9)16-12-10(17(18)19)11(13-2)14-7-15-12/h7-9H,3-6H2,1-2H3,(H2,13,14,15,16). The zero-order valence-corrected chi connectivity index (χ0v) is 12.4.